The van der Waals surface area contributed by atoms with Crippen molar-refractivity contribution in [3.05, 3.63) is 112 Å². The van der Waals surface area contributed by atoms with Crippen LogP contribution < -0.4 is 10.1 Å². The number of carbonyl (C=O) groups excluding carboxylic acids is 2. The second kappa shape index (κ2) is 10.3. The molecule has 4 aromatic rings. The second-order valence-corrected chi connectivity index (χ2v) is 14.3. The van der Waals surface area contributed by atoms with Crippen LogP contribution in [0.2, 0.25) is 0 Å². The van der Waals surface area contributed by atoms with E-state index in [1.807, 2.05) is 0 Å². The minimum atomic E-state index is -5.11. The molecule has 0 radical (unpaired) electrons. The summed E-state index contributed by atoms with van der Waals surface area (Å²) in [4.78, 5) is 63.7. The van der Waals surface area contributed by atoms with Crippen LogP contribution in [-0.4, -0.2) is 47.1 Å². The summed E-state index contributed by atoms with van der Waals surface area (Å²) in [6, 6.07) is 18.7. The molecule has 0 aromatic heterocycles. The number of amides is 1. The van der Waals surface area contributed by atoms with Crippen molar-refractivity contribution in [2.45, 2.75) is 17.4 Å². The first kappa shape index (κ1) is 29.6. The van der Waals surface area contributed by atoms with E-state index in [1.165, 1.54) is 54.6 Å². The number of nitrogens with one attached hydrogen (secondary N) is 1. The predicted molar refractivity (Wildman–Crippen MR) is 154 cm³/mol. The van der Waals surface area contributed by atoms with Crippen LogP contribution in [-0.2, 0) is 25.9 Å². The summed E-state index contributed by atoms with van der Waals surface area (Å²) >= 11 is 0. The number of phenolic OH excluding ortho intramolecular Hbond substituents is 2. The third-order valence-corrected chi connectivity index (χ3v) is 11.2. The van der Waals surface area contributed by atoms with E-state index in [-0.39, 0.29) is 45.4 Å². The summed E-state index contributed by atoms with van der Waals surface area (Å²) < 4.78 is 35.1. The van der Waals surface area contributed by atoms with Crippen LogP contribution in [0.25, 0.3) is 0 Å². The highest BCUT2D eigenvalue weighted by Gasteiger charge is 2.53. The Morgan fingerprint density at radius 2 is 1.32 bits per heavy atom. The van der Waals surface area contributed by atoms with Gasteiger partial charge in [-0.05, 0) is 60.5 Å². The van der Waals surface area contributed by atoms with Gasteiger partial charge in [0.15, 0.2) is 11.0 Å². The number of fused-ring (bicyclic) bond motifs is 6. The fourth-order valence-electron chi connectivity index (χ4n) is 5.42. The Morgan fingerprint density at radius 1 is 0.773 bits per heavy atom. The van der Waals surface area contributed by atoms with Gasteiger partial charge in [0.2, 0.25) is 0 Å². The Kier molecular flexibility index (Phi) is 6.93. The van der Waals surface area contributed by atoms with E-state index in [1.54, 1.807) is 24.3 Å². The maximum atomic E-state index is 13.3. The lowest BCUT2D eigenvalue weighted by atomic mass is 9.77. The van der Waals surface area contributed by atoms with Gasteiger partial charge in [-0.1, -0.05) is 18.2 Å². The number of phenols is 2. The molecule has 13 nitrogen and oxygen atoms in total. The first-order valence-corrected chi connectivity index (χ1v) is 16.3. The van der Waals surface area contributed by atoms with Gasteiger partial charge >= 0.3 is 21.2 Å². The quantitative estimate of drug-likeness (QED) is 0.117. The van der Waals surface area contributed by atoms with Crippen LogP contribution in [0.15, 0.2) is 78.9 Å². The molecule has 7 N–H and O–H groups in total. The number of ether oxygens (including phenoxy) is 2. The molecule has 1 amide bonds. The first-order valence-electron chi connectivity index (χ1n) is 12.9. The van der Waals surface area contributed by atoms with Crippen LogP contribution in [0.1, 0.15) is 43.0 Å². The molecular weight excluding hydrogens is 616 g/mol. The molecular formula is C29H23NO12P2. The highest BCUT2D eigenvalue weighted by atomic mass is 31.2. The van der Waals surface area contributed by atoms with Gasteiger partial charge in [0.1, 0.15) is 23.0 Å². The van der Waals surface area contributed by atoms with E-state index in [0.717, 1.165) is 0 Å². The molecule has 2 heterocycles. The zero-order valence-electron chi connectivity index (χ0n) is 22.3. The zero-order valence-corrected chi connectivity index (χ0v) is 24.1. The molecule has 1 spiro atoms. The van der Waals surface area contributed by atoms with Crippen molar-refractivity contribution in [1.82, 2.24) is 0 Å². The lowest BCUT2D eigenvalue weighted by molar-refractivity contribution is 0.0224. The number of rotatable bonds is 6. The molecule has 0 saturated heterocycles. The molecule has 0 saturated carbocycles. The molecule has 0 unspecified atom stereocenters. The van der Waals surface area contributed by atoms with Gasteiger partial charge in [-0.25, -0.2) is 4.79 Å². The third-order valence-electron chi connectivity index (χ3n) is 7.44. The predicted octanol–water partition coefficient (Wildman–Crippen LogP) is 4.14. The summed E-state index contributed by atoms with van der Waals surface area (Å²) in [5.41, 5.74) is 0.586. The molecule has 2 aliphatic heterocycles. The molecule has 0 aliphatic carbocycles. The van der Waals surface area contributed by atoms with Crippen LogP contribution in [0.5, 0.6) is 23.0 Å². The summed E-state index contributed by atoms with van der Waals surface area (Å²) in [7, 11) is -10.2. The lowest BCUT2D eigenvalue weighted by Gasteiger charge is -2.36. The van der Waals surface area contributed by atoms with Gasteiger partial charge in [0, 0.05) is 40.1 Å². The minimum absolute atomic E-state index is 0.0819. The highest BCUT2D eigenvalue weighted by molar-refractivity contribution is 7.70. The summed E-state index contributed by atoms with van der Waals surface area (Å²) in [6.45, 7) is 0. The van der Waals surface area contributed by atoms with Crippen LogP contribution in [0, 0.1) is 0 Å². The zero-order chi connectivity index (χ0) is 31.6. The Bertz CT molecular complexity index is 1870. The van der Waals surface area contributed by atoms with Gasteiger partial charge < -0.3 is 44.6 Å². The van der Waals surface area contributed by atoms with Gasteiger partial charge in [-0.2, -0.15) is 0 Å². The topological polar surface area (TPSA) is 220 Å². The molecule has 15 heteroatoms. The summed E-state index contributed by atoms with van der Waals surface area (Å²) in [5, 5.41) is 20.6. The van der Waals surface area contributed by atoms with Crippen molar-refractivity contribution in [3.8, 4) is 23.0 Å². The van der Waals surface area contributed by atoms with E-state index in [2.05, 4.69) is 5.32 Å². The van der Waals surface area contributed by atoms with Crippen LogP contribution in [0.3, 0.4) is 0 Å². The Labute approximate surface area is 248 Å². The van der Waals surface area contributed by atoms with Gasteiger partial charge in [0.05, 0.1) is 5.56 Å². The number of carbonyl (C=O) groups is 2. The molecule has 0 atom stereocenters. The molecule has 0 fully saturated rings. The number of anilines is 1. The smallest absolute Gasteiger partial charge is 0.341 e. The lowest BCUT2D eigenvalue weighted by Crippen LogP contribution is -2.32. The normalized spacial score (nSPS) is 14.8. The average molecular weight is 639 g/mol. The molecule has 2 aliphatic rings. The number of aromatic hydroxyl groups is 2. The molecule has 226 valence electrons. The Hall–Kier alpha value is -4.48. The van der Waals surface area contributed by atoms with Crippen molar-refractivity contribution in [2.75, 3.05) is 5.32 Å². The second-order valence-electron chi connectivity index (χ2n) is 10.3. The van der Waals surface area contributed by atoms with E-state index < -0.39 is 44.5 Å². The van der Waals surface area contributed by atoms with Gasteiger partial charge in [-0.3, -0.25) is 13.9 Å². The van der Waals surface area contributed by atoms with Crippen molar-refractivity contribution in [1.29, 1.82) is 0 Å². The van der Waals surface area contributed by atoms with Crippen molar-refractivity contribution in [3.63, 3.8) is 0 Å². The minimum Gasteiger partial charge on any atom is -0.508 e. The average Bonchev–Trinajstić information content (AvgIpc) is 3.22. The van der Waals surface area contributed by atoms with Crippen molar-refractivity contribution in [2.24, 2.45) is 0 Å². The number of hydrogen-bond acceptors (Lipinski definition) is 8. The van der Waals surface area contributed by atoms with E-state index in [0.29, 0.717) is 16.7 Å². The monoisotopic (exact) mass is 639 g/mol. The number of benzene rings is 4. The molecule has 4 aromatic carbocycles. The fraction of sp³-hybridized carbons (Fsp3) is 0.103. The maximum Gasteiger partial charge on any atom is 0.341 e. The van der Waals surface area contributed by atoms with Crippen molar-refractivity contribution >= 4 is 32.8 Å². The highest BCUT2D eigenvalue weighted by Crippen LogP contribution is 2.61. The molecule has 6 rings (SSSR count). The van der Waals surface area contributed by atoms with Crippen LogP contribution >= 0.6 is 15.2 Å². The Morgan fingerprint density at radius 3 is 1.86 bits per heavy atom. The third kappa shape index (κ3) is 5.05. The van der Waals surface area contributed by atoms with E-state index >= 15 is 0 Å². The standard InChI is InChI=1S/C29H23NO12P2/c31-18-6-9-22-24(13-18)41-25-14-19(32)7-10-23(25)29(22)21-8-5-17(12-20(21)28(34)42-29)30-27(33)16-3-1-15(2-4-16)11-26(43(35,36)37)44(38,39)40/h1-10,12-14,26,31-32H,11H2,(H,30,33)(H2,35,36,37)(H2,38,39,40). The number of esters is 1. The Balaban J connectivity index is 1.30. The van der Waals surface area contributed by atoms with E-state index in [4.69, 9.17) is 9.47 Å². The largest absolute Gasteiger partial charge is 0.508 e. The maximum absolute atomic E-state index is 13.3. The molecule has 44 heavy (non-hydrogen) atoms. The van der Waals surface area contributed by atoms with E-state index in [9.17, 15) is 48.5 Å². The fourth-order valence-corrected chi connectivity index (χ4v) is 7.89. The SMILES string of the molecule is O=C(Nc1ccc2c(c1)C(=O)OC21c2ccc(O)cc2Oc2cc(O)ccc21)c1ccc(CC(P(=O)(O)O)P(=O)(O)O)cc1. The van der Waals surface area contributed by atoms with Gasteiger partial charge in [-0.15, -0.1) is 0 Å². The molecule has 0 bridgehead atoms. The summed E-state index contributed by atoms with van der Waals surface area (Å²) in [6.07, 6.45) is -0.609. The van der Waals surface area contributed by atoms with Gasteiger partial charge in [0.25, 0.3) is 5.91 Å². The van der Waals surface area contributed by atoms with Crippen LogP contribution in [0.4, 0.5) is 5.69 Å². The van der Waals surface area contributed by atoms with Crippen molar-refractivity contribution < 1.29 is 58.0 Å². The summed E-state index contributed by atoms with van der Waals surface area (Å²) in [5.74, 6) is -1.00. The number of hydrogen-bond donors (Lipinski definition) is 7. The first-order chi connectivity index (χ1) is 20.7.